The second-order valence-corrected chi connectivity index (χ2v) is 7.81. The van der Waals surface area contributed by atoms with E-state index < -0.39 is 16.7 Å². The lowest BCUT2D eigenvalue weighted by molar-refractivity contribution is -0.384. The highest BCUT2D eigenvalue weighted by Crippen LogP contribution is 2.39. The molecule has 3 rings (SSSR count). The Morgan fingerprint density at radius 1 is 1.42 bits per heavy atom. The number of non-ortho nitro benzene ring substituents is 1. The van der Waals surface area contributed by atoms with Crippen molar-refractivity contribution in [1.82, 2.24) is 0 Å². The monoisotopic (exact) mass is 393 g/mol. The molecule has 2 aromatic rings. The zero-order chi connectivity index (χ0) is 19.0. The van der Waals surface area contributed by atoms with Gasteiger partial charge in [-0.05, 0) is 36.8 Å². The lowest BCUT2D eigenvalue weighted by atomic mass is 9.88. The summed E-state index contributed by atoms with van der Waals surface area (Å²) >= 11 is 7.34. The average Bonchev–Trinajstić information content (AvgIpc) is 2.91. The zero-order valence-corrected chi connectivity index (χ0v) is 15.4. The van der Waals surface area contributed by atoms with Crippen molar-refractivity contribution < 1.29 is 14.5 Å². The minimum atomic E-state index is -0.618. The van der Waals surface area contributed by atoms with Gasteiger partial charge < -0.3 is 11.1 Å². The molecule has 0 saturated heterocycles. The number of rotatable bonds is 4. The van der Waals surface area contributed by atoms with Crippen molar-refractivity contribution in [2.75, 3.05) is 5.32 Å². The molecule has 1 aliphatic carbocycles. The first-order chi connectivity index (χ1) is 12.3. The summed E-state index contributed by atoms with van der Waals surface area (Å²) in [6.45, 7) is 2.13. The minimum Gasteiger partial charge on any atom is -0.365 e. The summed E-state index contributed by atoms with van der Waals surface area (Å²) in [7, 11) is 0. The van der Waals surface area contributed by atoms with Gasteiger partial charge in [-0.2, -0.15) is 0 Å². The van der Waals surface area contributed by atoms with Crippen LogP contribution < -0.4 is 11.1 Å². The molecule has 0 radical (unpaired) electrons. The third-order valence-corrected chi connectivity index (χ3v) is 5.89. The Bertz CT molecular complexity index is 925. The van der Waals surface area contributed by atoms with Crippen molar-refractivity contribution in [3.63, 3.8) is 0 Å². The number of hydrogen-bond donors (Lipinski definition) is 2. The predicted octanol–water partition coefficient (Wildman–Crippen LogP) is 3.79. The lowest BCUT2D eigenvalue weighted by Crippen LogP contribution is -2.19. The number of fused-ring (bicyclic) bond motifs is 1. The van der Waals surface area contributed by atoms with Gasteiger partial charge in [0.25, 0.3) is 17.5 Å². The molecule has 3 N–H and O–H groups in total. The molecule has 136 valence electrons. The summed E-state index contributed by atoms with van der Waals surface area (Å²) < 4.78 is 0. The Morgan fingerprint density at radius 3 is 2.81 bits per heavy atom. The molecule has 2 amide bonds. The molecule has 0 bridgehead atoms. The van der Waals surface area contributed by atoms with E-state index in [0.29, 0.717) is 16.5 Å². The topological polar surface area (TPSA) is 115 Å². The predicted molar refractivity (Wildman–Crippen MR) is 100 cm³/mol. The molecule has 1 aliphatic rings. The van der Waals surface area contributed by atoms with Gasteiger partial charge in [0.15, 0.2) is 0 Å². The molecule has 0 aliphatic heterocycles. The Morgan fingerprint density at radius 2 is 2.15 bits per heavy atom. The summed E-state index contributed by atoms with van der Waals surface area (Å²) in [4.78, 5) is 35.9. The van der Waals surface area contributed by atoms with Crippen LogP contribution in [0.3, 0.4) is 0 Å². The number of halogens is 1. The van der Waals surface area contributed by atoms with E-state index in [-0.39, 0.29) is 16.3 Å². The number of nitrogens with one attached hydrogen (secondary N) is 1. The second kappa shape index (κ2) is 7.05. The first-order valence-electron chi connectivity index (χ1n) is 7.97. The molecule has 1 heterocycles. The number of thiophene rings is 1. The van der Waals surface area contributed by atoms with Crippen LogP contribution in [0.25, 0.3) is 0 Å². The van der Waals surface area contributed by atoms with Crippen molar-refractivity contribution in [3.05, 3.63) is 54.9 Å². The molecule has 0 fully saturated rings. The molecule has 9 heteroatoms. The molecule has 0 saturated carbocycles. The van der Waals surface area contributed by atoms with E-state index >= 15 is 0 Å². The van der Waals surface area contributed by atoms with Crippen molar-refractivity contribution in [3.8, 4) is 0 Å². The third-order valence-electron chi connectivity index (χ3n) is 4.39. The number of hydrogen-bond acceptors (Lipinski definition) is 5. The van der Waals surface area contributed by atoms with Gasteiger partial charge in [-0.1, -0.05) is 18.5 Å². The van der Waals surface area contributed by atoms with E-state index in [1.54, 1.807) is 0 Å². The molecule has 0 spiro atoms. The van der Waals surface area contributed by atoms with E-state index in [9.17, 15) is 19.7 Å². The third kappa shape index (κ3) is 3.42. The van der Waals surface area contributed by atoms with Gasteiger partial charge in [0.2, 0.25) is 0 Å². The summed E-state index contributed by atoms with van der Waals surface area (Å²) in [5.41, 5.74) is 6.47. The Balaban J connectivity index is 1.97. The van der Waals surface area contributed by atoms with Crippen LogP contribution in [-0.4, -0.2) is 16.7 Å². The van der Waals surface area contributed by atoms with Gasteiger partial charge in [0.05, 0.1) is 21.1 Å². The molecule has 26 heavy (non-hydrogen) atoms. The van der Waals surface area contributed by atoms with E-state index in [1.807, 2.05) is 0 Å². The van der Waals surface area contributed by atoms with Crippen LogP contribution in [0.5, 0.6) is 0 Å². The van der Waals surface area contributed by atoms with Crippen LogP contribution in [0.15, 0.2) is 18.2 Å². The number of benzene rings is 1. The van der Waals surface area contributed by atoms with Crippen LogP contribution in [0.1, 0.15) is 44.5 Å². The normalized spacial score (nSPS) is 16.0. The quantitative estimate of drug-likeness (QED) is 0.607. The van der Waals surface area contributed by atoms with Crippen LogP contribution in [0.4, 0.5) is 10.7 Å². The lowest BCUT2D eigenvalue weighted by Gasteiger charge is -2.18. The molecule has 0 unspecified atom stereocenters. The average molecular weight is 394 g/mol. The fourth-order valence-electron chi connectivity index (χ4n) is 3.07. The number of nitro benzene ring substituents is 1. The molecular formula is C17H16ClN3O4S. The van der Waals surface area contributed by atoms with E-state index in [2.05, 4.69) is 12.2 Å². The van der Waals surface area contributed by atoms with Gasteiger partial charge in [0, 0.05) is 17.0 Å². The minimum absolute atomic E-state index is 0.0315. The maximum atomic E-state index is 12.6. The first-order valence-corrected chi connectivity index (χ1v) is 9.17. The zero-order valence-electron chi connectivity index (χ0n) is 13.9. The van der Waals surface area contributed by atoms with Crippen LogP contribution in [-0.2, 0) is 12.8 Å². The number of nitrogens with two attached hydrogens (primary N) is 1. The largest absolute Gasteiger partial charge is 0.365 e. The van der Waals surface area contributed by atoms with Crippen molar-refractivity contribution in [2.24, 2.45) is 11.7 Å². The van der Waals surface area contributed by atoms with Gasteiger partial charge in [-0.25, -0.2) is 0 Å². The molecule has 1 atom stereocenters. The summed E-state index contributed by atoms with van der Waals surface area (Å²) in [6, 6.07) is 3.63. The number of primary amides is 1. The number of nitro groups is 1. The van der Waals surface area contributed by atoms with Crippen molar-refractivity contribution >= 4 is 45.4 Å². The smallest absolute Gasteiger partial charge is 0.270 e. The molecule has 7 nitrogen and oxygen atoms in total. The number of nitrogens with zero attached hydrogens (tertiary/aromatic N) is 1. The van der Waals surface area contributed by atoms with Crippen molar-refractivity contribution in [1.29, 1.82) is 0 Å². The SMILES string of the molecule is C[C@@H]1CCc2c(sc(NC(=O)c3cc([N+](=O)[O-])ccc3Cl)c2C(N)=O)C1. The molecule has 1 aromatic heterocycles. The number of anilines is 1. The number of carbonyl (C=O) groups is 2. The van der Waals surface area contributed by atoms with E-state index in [4.69, 9.17) is 17.3 Å². The highest BCUT2D eigenvalue weighted by atomic mass is 35.5. The molecule has 1 aromatic carbocycles. The Hall–Kier alpha value is -2.45. The Labute approximate surface area is 158 Å². The standard InChI is InChI=1S/C17H16ClN3O4S/c1-8-2-4-10-13(6-8)26-17(14(10)15(19)22)20-16(23)11-7-9(21(24)25)3-5-12(11)18/h3,5,7-8H,2,4,6H2,1H3,(H2,19,22)(H,20,23)/t8-/m1/s1. The van der Waals surface area contributed by atoms with E-state index in [0.717, 1.165) is 35.8 Å². The molecular weight excluding hydrogens is 378 g/mol. The second-order valence-electron chi connectivity index (χ2n) is 6.30. The van der Waals surface area contributed by atoms with Gasteiger partial charge in [-0.15, -0.1) is 11.3 Å². The first kappa shape index (κ1) is 18.3. The number of amides is 2. The summed E-state index contributed by atoms with van der Waals surface area (Å²) in [5, 5.41) is 14.0. The van der Waals surface area contributed by atoms with Gasteiger partial charge in [0.1, 0.15) is 5.00 Å². The highest BCUT2D eigenvalue weighted by Gasteiger charge is 2.28. The fourth-order valence-corrected chi connectivity index (χ4v) is 4.69. The van der Waals surface area contributed by atoms with Gasteiger partial charge in [-0.3, -0.25) is 19.7 Å². The van der Waals surface area contributed by atoms with E-state index in [1.165, 1.54) is 23.5 Å². The number of carbonyl (C=O) groups excluding carboxylic acids is 2. The van der Waals surface area contributed by atoms with Crippen LogP contribution >= 0.6 is 22.9 Å². The van der Waals surface area contributed by atoms with Crippen molar-refractivity contribution in [2.45, 2.75) is 26.2 Å². The summed E-state index contributed by atoms with van der Waals surface area (Å²) in [6.07, 6.45) is 2.51. The van der Waals surface area contributed by atoms with Crippen LogP contribution in [0.2, 0.25) is 5.02 Å². The maximum absolute atomic E-state index is 12.6. The Kier molecular flexibility index (Phi) is 4.97. The van der Waals surface area contributed by atoms with Gasteiger partial charge >= 0.3 is 0 Å². The highest BCUT2D eigenvalue weighted by molar-refractivity contribution is 7.17. The maximum Gasteiger partial charge on any atom is 0.270 e. The van der Waals surface area contributed by atoms with Crippen LogP contribution in [0, 0.1) is 16.0 Å². The summed E-state index contributed by atoms with van der Waals surface area (Å²) in [5.74, 6) is -0.720. The fraction of sp³-hybridized carbons (Fsp3) is 0.294.